The van der Waals surface area contributed by atoms with Crippen LogP contribution in [0.1, 0.15) is 54.8 Å². The number of nitrogens with zero attached hydrogens (tertiary/aromatic N) is 4. The summed E-state index contributed by atoms with van der Waals surface area (Å²) in [7, 11) is 0. The van der Waals surface area contributed by atoms with Gasteiger partial charge in [0.05, 0.1) is 22.4 Å². The summed E-state index contributed by atoms with van der Waals surface area (Å²) in [5, 5.41) is 18.9. The fraction of sp³-hybridized carbons (Fsp3) is 0.615. The van der Waals surface area contributed by atoms with E-state index in [1.807, 2.05) is 17.7 Å². The summed E-state index contributed by atoms with van der Waals surface area (Å²) in [6.45, 7) is 8.96. The SMILES string of the molecule is CCn1nc(C)cc1CC(O)c1snnc1C(C)C. The van der Waals surface area contributed by atoms with Crippen LogP contribution >= 0.6 is 11.5 Å². The Morgan fingerprint density at radius 2 is 2.16 bits per heavy atom. The zero-order valence-electron chi connectivity index (χ0n) is 11.8. The second-order valence-corrected chi connectivity index (χ2v) is 5.78. The number of rotatable bonds is 5. The molecule has 0 saturated heterocycles. The van der Waals surface area contributed by atoms with Crippen molar-refractivity contribution in [2.24, 2.45) is 0 Å². The highest BCUT2D eigenvalue weighted by Gasteiger charge is 2.21. The first-order chi connectivity index (χ1) is 9.02. The third-order valence-corrected chi connectivity index (χ3v) is 3.92. The van der Waals surface area contributed by atoms with Crippen LogP contribution in [0.3, 0.4) is 0 Å². The number of aryl methyl sites for hydroxylation is 2. The van der Waals surface area contributed by atoms with Gasteiger partial charge in [-0.2, -0.15) is 5.10 Å². The average Bonchev–Trinajstić information content (AvgIpc) is 2.95. The third kappa shape index (κ3) is 3.01. The normalized spacial score (nSPS) is 13.2. The summed E-state index contributed by atoms with van der Waals surface area (Å²) in [6, 6.07) is 2.02. The molecule has 0 aliphatic heterocycles. The van der Waals surface area contributed by atoms with Gasteiger partial charge in [0, 0.05) is 18.7 Å². The molecular weight excluding hydrogens is 260 g/mol. The van der Waals surface area contributed by atoms with Crippen molar-refractivity contribution in [3.63, 3.8) is 0 Å². The van der Waals surface area contributed by atoms with Crippen LogP contribution in [0.2, 0.25) is 0 Å². The highest BCUT2D eigenvalue weighted by Crippen LogP contribution is 2.28. The maximum Gasteiger partial charge on any atom is 0.0972 e. The fourth-order valence-electron chi connectivity index (χ4n) is 2.16. The minimum atomic E-state index is -0.557. The first-order valence-corrected chi connectivity index (χ1v) is 7.33. The van der Waals surface area contributed by atoms with Crippen LogP contribution in [0.5, 0.6) is 0 Å². The van der Waals surface area contributed by atoms with Crippen molar-refractivity contribution in [1.29, 1.82) is 0 Å². The van der Waals surface area contributed by atoms with Crippen LogP contribution in [-0.4, -0.2) is 24.5 Å². The lowest BCUT2D eigenvalue weighted by Gasteiger charge is -2.12. The lowest BCUT2D eigenvalue weighted by Crippen LogP contribution is -2.09. The Hall–Kier alpha value is -1.27. The molecule has 0 amide bonds. The van der Waals surface area contributed by atoms with Crippen LogP contribution < -0.4 is 0 Å². The molecule has 6 heteroatoms. The van der Waals surface area contributed by atoms with Crippen molar-refractivity contribution in [3.05, 3.63) is 28.0 Å². The van der Waals surface area contributed by atoms with Gasteiger partial charge in [-0.3, -0.25) is 4.68 Å². The van der Waals surface area contributed by atoms with Crippen molar-refractivity contribution in [3.8, 4) is 0 Å². The average molecular weight is 280 g/mol. The molecule has 0 aliphatic carbocycles. The van der Waals surface area contributed by atoms with E-state index in [-0.39, 0.29) is 5.92 Å². The van der Waals surface area contributed by atoms with Crippen molar-refractivity contribution < 1.29 is 5.11 Å². The minimum absolute atomic E-state index is 0.279. The molecule has 0 saturated carbocycles. The largest absolute Gasteiger partial charge is 0.387 e. The van der Waals surface area contributed by atoms with Gasteiger partial charge in [-0.1, -0.05) is 18.3 Å². The van der Waals surface area contributed by atoms with Crippen LogP contribution in [0, 0.1) is 6.92 Å². The highest BCUT2D eigenvalue weighted by atomic mass is 32.1. The summed E-state index contributed by atoms with van der Waals surface area (Å²) >= 11 is 1.28. The second-order valence-electron chi connectivity index (χ2n) is 4.99. The van der Waals surface area contributed by atoms with Crippen LogP contribution in [0.25, 0.3) is 0 Å². The van der Waals surface area contributed by atoms with Crippen molar-refractivity contribution in [2.45, 2.75) is 52.7 Å². The van der Waals surface area contributed by atoms with Crippen molar-refractivity contribution in [1.82, 2.24) is 19.4 Å². The summed E-state index contributed by atoms with van der Waals surface area (Å²) in [6.07, 6.45) is -0.00282. The molecule has 0 bridgehead atoms. The lowest BCUT2D eigenvalue weighted by molar-refractivity contribution is 0.177. The fourth-order valence-corrected chi connectivity index (χ4v) is 2.96. The predicted molar refractivity (Wildman–Crippen MR) is 75.3 cm³/mol. The van der Waals surface area contributed by atoms with Gasteiger partial charge in [-0.05, 0) is 37.4 Å². The molecule has 0 spiro atoms. The van der Waals surface area contributed by atoms with Gasteiger partial charge < -0.3 is 5.11 Å². The van der Waals surface area contributed by atoms with E-state index in [0.717, 1.165) is 28.5 Å². The summed E-state index contributed by atoms with van der Waals surface area (Å²) < 4.78 is 5.90. The van der Waals surface area contributed by atoms with Gasteiger partial charge >= 0.3 is 0 Å². The van der Waals surface area contributed by atoms with Crippen LogP contribution in [0.15, 0.2) is 6.07 Å². The number of hydrogen-bond donors (Lipinski definition) is 1. The molecule has 1 unspecified atom stereocenters. The molecule has 0 fully saturated rings. The smallest absolute Gasteiger partial charge is 0.0972 e. The Morgan fingerprint density at radius 1 is 1.42 bits per heavy atom. The number of aliphatic hydroxyl groups excluding tert-OH is 1. The van der Waals surface area contributed by atoms with Gasteiger partial charge in [0.25, 0.3) is 0 Å². The molecule has 2 aromatic rings. The van der Waals surface area contributed by atoms with E-state index in [0.29, 0.717) is 6.42 Å². The molecule has 0 aromatic carbocycles. The molecule has 0 aliphatic rings. The Labute approximate surface area is 117 Å². The Kier molecular flexibility index (Phi) is 4.31. The highest BCUT2D eigenvalue weighted by molar-refractivity contribution is 7.05. The van der Waals surface area contributed by atoms with Gasteiger partial charge in [-0.15, -0.1) is 5.10 Å². The molecule has 19 heavy (non-hydrogen) atoms. The molecular formula is C13H20N4OS. The lowest BCUT2D eigenvalue weighted by atomic mass is 10.0. The van der Waals surface area contributed by atoms with E-state index >= 15 is 0 Å². The number of aliphatic hydroxyl groups is 1. The van der Waals surface area contributed by atoms with Crippen LogP contribution in [0.4, 0.5) is 0 Å². The monoisotopic (exact) mass is 280 g/mol. The summed E-state index contributed by atoms with van der Waals surface area (Å²) in [5.41, 5.74) is 2.93. The standard InChI is InChI=1S/C13H20N4OS/c1-5-17-10(6-9(4)15-17)7-11(18)13-12(8(2)3)14-16-19-13/h6,8,11,18H,5,7H2,1-4H3. The Balaban J connectivity index is 2.20. The van der Waals surface area contributed by atoms with Gasteiger partial charge in [-0.25, -0.2) is 0 Å². The topological polar surface area (TPSA) is 63.8 Å². The maximum absolute atomic E-state index is 10.4. The molecule has 2 aromatic heterocycles. The quantitative estimate of drug-likeness (QED) is 0.913. The minimum Gasteiger partial charge on any atom is -0.387 e. The van der Waals surface area contributed by atoms with E-state index in [4.69, 9.17) is 0 Å². The van der Waals surface area contributed by atoms with E-state index in [2.05, 4.69) is 35.5 Å². The van der Waals surface area contributed by atoms with Crippen molar-refractivity contribution >= 4 is 11.5 Å². The van der Waals surface area contributed by atoms with Crippen LogP contribution in [-0.2, 0) is 13.0 Å². The van der Waals surface area contributed by atoms with E-state index < -0.39 is 6.10 Å². The second kappa shape index (κ2) is 5.79. The van der Waals surface area contributed by atoms with Crippen molar-refractivity contribution in [2.75, 3.05) is 0 Å². The van der Waals surface area contributed by atoms with Gasteiger partial charge in [0.2, 0.25) is 0 Å². The van der Waals surface area contributed by atoms with E-state index in [1.165, 1.54) is 11.5 Å². The first kappa shape index (κ1) is 14.1. The number of hydrogen-bond acceptors (Lipinski definition) is 5. The zero-order chi connectivity index (χ0) is 14.0. The zero-order valence-corrected chi connectivity index (χ0v) is 12.6. The molecule has 5 nitrogen and oxygen atoms in total. The summed E-state index contributed by atoms with van der Waals surface area (Å²) in [4.78, 5) is 0.872. The molecule has 1 N–H and O–H groups in total. The number of aromatic nitrogens is 4. The van der Waals surface area contributed by atoms with E-state index in [1.54, 1.807) is 0 Å². The molecule has 104 valence electrons. The van der Waals surface area contributed by atoms with E-state index in [9.17, 15) is 5.11 Å². The Morgan fingerprint density at radius 3 is 2.79 bits per heavy atom. The third-order valence-electron chi connectivity index (χ3n) is 3.08. The first-order valence-electron chi connectivity index (χ1n) is 6.56. The van der Waals surface area contributed by atoms with Gasteiger partial charge in [0.15, 0.2) is 0 Å². The predicted octanol–water partition coefficient (Wildman–Crippen LogP) is 2.46. The Bertz CT molecular complexity index is 547. The molecule has 1 atom stereocenters. The van der Waals surface area contributed by atoms with Gasteiger partial charge in [0.1, 0.15) is 0 Å². The molecule has 0 radical (unpaired) electrons. The molecule has 2 rings (SSSR count). The molecule has 2 heterocycles. The maximum atomic E-state index is 10.4. The summed E-state index contributed by atoms with van der Waals surface area (Å²) in [5.74, 6) is 0.279.